The van der Waals surface area contributed by atoms with Gasteiger partial charge >= 0.3 is 0 Å². The fourth-order valence-corrected chi connectivity index (χ4v) is 4.22. The van der Waals surface area contributed by atoms with Crippen molar-refractivity contribution in [3.8, 4) is 5.75 Å². The van der Waals surface area contributed by atoms with Crippen LogP contribution >= 0.6 is 11.6 Å². The number of aromatic nitrogens is 4. The van der Waals surface area contributed by atoms with E-state index in [4.69, 9.17) is 21.3 Å². The van der Waals surface area contributed by atoms with Gasteiger partial charge in [0.25, 0.3) is 0 Å². The third-order valence-corrected chi connectivity index (χ3v) is 5.91. The number of ether oxygens (including phenoxy) is 1. The van der Waals surface area contributed by atoms with Gasteiger partial charge in [0.2, 0.25) is 5.95 Å². The van der Waals surface area contributed by atoms with Crippen molar-refractivity contribution in [1.82, 2.24) is 19.9 Å². The summed E-state index contributed by atoms with van der Waals surface area (Å²) < 4.78 is 5.25. The molecule has 0 bridgehead atoms. The first-order valence-corrected chi connectivity index (χ1v) is 11.1. The van der Waals surface area contributed by atoms with Gasteiger partial charge in [0.1, 0.15) is 11.6 Å². The lowest BCUT2D eigenvalue weighted by molar-refractivity contribution is 0.413. The minimum atomic E-state index is 0.541. The van der Waals surface area contributed by atoms with Gasteiger partial charge in [-0.05, 0) is 31.2 Å². The highest BCUT2D eigenvalue weighted by Crippen LogP contribution is 2.29. The van der Waals surface area contributed by atoms with Crippen molar-refractivity contribution in [2.45, 2.75) is 6.92 Å². The number of piperazine rings is 1. The molecule has 0 radical (unpaired) electrons. The summed E-state index contributed by atoms with van der Waals surface area (Å²) in [4.78, 5) is 22.6. The average molecular weight is 462 g/mol. The topological polar surface area (TPSA) is 79.3 Å². The molecule has 1 aliphatic rings. The van der Waals surface area contributed by atoms with Crippen LogP contribution in [0.1, 0.15) is 5.69 Å². The predicted octanol–water partition coefficient (Wildman–Crippen LogP) is 4.46. The Morgan fingerprint density at radius 1 is 0.970 bits per heavy atom. The van der Waals surface area contributed by atoms with Crippen molar-refractivity contribution < 1.29 is 4.74 Å². The Morgan fingerprint density at radius 3 is 2.61 bits per heavy atom. The molecular weight excluding hydrogens is 438 g/mol. The van der Waals surface area contributed by atoms with E-state index < -0.39 is 0 Å². The fourth-order valence-electron chi connectivity index (χ4n) is 4.06. The number of nitrogens with zero attached hydrogens (tertiary/aromatic N) is 6. The van der Waals surface area contributed by atoms with Crippen LogP contribution in [0.3, 0.4) is 0 Å². The summed E-state index contributed by atoms with van der Waals surface area (Å²) in [7, 11) is 1.62. The maximum absolute atomic E-state index is 6.15. The quantitative estimate of drug-likeness (QED) is 0.466. The van der Waals surface area contributed by atoms with Crippen LogP contribution in [0.15, 0.2) is 55.0 Å². The molecule has 4 aromatic rings. The number of aryl methyl sites for hydroxylation is 1. The zero-order chi connectivity index (χ0) is 22.8. The van der Waals surface area contributed by atoms with Crippen LogP contribution in [0.2, 0.25) is 5.02 Å². The van der Waals surface area contributed by atoms with Crippen LogP contribution in [0.4, 0.5) is 23.1 Å². The molecule has 9 heteroatoms. The van der Waals surface area contributed by atoms with Gasteiger partial charge in [-0.15, -0.1) is 0 Å². The highest BCUT2D eigenvalue weighted by Gasteiger charge is 2.21. The van der Waals surface area contributed by atoms with Crippen LogP contribution in [0.5, 0.6) is 5.75 Å². The number of benzene rings is 1. The third kappa shape index (κ3) is 4.61. The molecule has 8 nitrogen and oxygen atoms in total. The summed E-state index contributed by atoms with van der Waals surface area (Å²) in [6.07, 6.45) is 5.23. The van der Waals surface area contributed by atoms with Crippen LogP contribution in [0, 0.1) is 6.92 Å². The highest BCUT2D eigenvalue weighted by atomic mass is 35.5. The normalized spacial score (nSPS) is 13.9. The average Bonchev–Trinajstić information content (AvgIpc) is 2.83. The largest absolute Gasteiger partial charge is 0.495 e. The van der Waals surface area contributed by atoms with Crippen molar-refractivity contribution in [3.05, 3.63) is 65.7 Å². The lowest BCUT2D eigenvalue weighted by atomic mass is 10.1. The second-order valence-electron chi connectivity index (χ2n) is 7.90. The Balaban J connectivity index is 1.32. The van der Waals surface area contributed by atoms with Crippen LogP contribution in [0.25, 0.3) is 10.9 Å². The Bertz CT molecular complexity index is 1290. The van der Waals surface area contributed by atoms with E-state index in [1.165, 1.54) is 5.69 Å². The first-order chi connectivity index (χ1) is 16.1. The van der Waals surface area contributed by atoms with Gasteiger partial charge in [-0.3, -0.25) is 9.97 Å². The molecule has 5 rings (SSSR count). The standard InChI is InChI=1S/C24H24ClN7O/c1-16-11-23(30-24(28-16)29-18-13-19(33-2)15-26-14-18)32-9-7-31(8-10-32)22-5-6-27-21-12-17(25)3-4-20(21)22/h3-6,11-15H,7-10H2,1-2H3,(H,28,29,30). The third-order valence-electron chi connectivity index (χ3n) is 5.67. The summed E-state index contributed by atoms with van der Waals surface area (Å²) in [6, 6.07) is 11.8. The summed E-state index contributed by atoms with van der Waals surface area (Å²) >= 11 is 6.15. The van der Waals surface area contributed by atoms with E-state index in [-0.39, 0.29) is 0 Å². The van der Waals surface area contributed by atoms with E-state index in [9.17, 15) is 0 Å². The van der Waals surface area contributed by atoms with Crippen LogP contribution < -0.4 is 19.9 Å². The lowest BCUT2D eigenvalue weighted by Crippen LogP contribution is -2.47. The van der Waals surface area contributed by atoms with Gasteiger partial charge in [0.15, 0.2) is 0 Å². The van der Waals surface area contributed by atoms with Gasteiger partial charge in [-0.1, -0.05) is 11.6 Å². The van der Waals surface area contributed by atoms with Crippen molar-refractivity contribution >= 4 is 45.6 Å². The number of rotatable bonds is 5. The summed E-state index contributed by atoms with van der Waals surface area (Å²) in [5, 5.41) is 5.06. The first kappa shape index (κ1) is 21.2. The van der Waals surface area contributed by atoms with Crippen LogP contribution in [-0.2, 0) is 0 Å². The van der Waals surface area contributed by atoms with Gasteiger partial charge in [0, 0.05) is 66.3 Å². The lowest BCUT2D eigenvalue weighted by Gasteiger charge is -2.37. The molecule has 1 aromatic carbocycles. The van der Waals surface area contributed by atoms with Crippen molar-refractivity contribution in [3.63, 3.8) is 0 Å². The molecule has 3 aromatic heterocycles. The smallest absolute Gasteiger partial charge is 0.229 e. The molecule has 0 spiro atoms. The first-order valence-electron chi connectivity index (χ1n) is 10.7. The number of hydrogen-bond acceptors (Lipinski definition) is 8. The number of pyridine rings is 2. The molecule has 1 N–H and O–H groups in total. The summed E-state index contributed by atoms with van der Waals surface area (Å²) in [6.45, 7) is 5.45. The van der Waals surface area contributed by atoms with Crippen molar-refractivity contribution in [2.75, 3.05) is 48.4 Å². The Kier molecular flexibility index (Phi) is 5.83. The zero-order valence-electron chi connectivity index (χ0n) is 18.5. The maximum atomic E-state index is 6.15. The second kappa shape index (κ2) is 9.07. The second-order valence-corrected chi connectivity index (χ2v) is 8.33. The fraction of sp³-hybridized carbons (Fsp3) is 0.250. The Morgan fingerprint density at radius 2 is 1.79 bits per heavy atom. The molecule has 0 amide bonds. The van der Waals surface area contributed by atoms with E-state index in [0.29, 0.717) is 16.7 Å². The van der Waals surface area contributed by atoms with Crippen molar-refractivity contribution in [2.24, 2.45) is 0 Å². The minimum Gasteiger partial charge on any atom is -0.495 e. The Hall–Kier alpha value is -3.65. The zero-order valence-corrected chi connectivity index (χ0v) is 19.3. The van der Waals surface area contributed by atoms with Gasteiger partial charge in [-0.25, -0.2) is 4.98 Å². The van der Waals surface area contributed by atoms with E-state index in [1.54, 1.807) is 19.5 Å². The SMILES string of the molecule is COc1cncc(Nc2nc(C)cc(N3CCN(c4ccnc5cc(Cl)ccc45)CC3)n2)c1. The van der Waals surface area contributed by atoms with E-state index in [1.807, 2.05) is 43.5 Å². The summed E-state index contributed by atoms with van der Waals surface area (Å²) in [5.41, 5.74) is 3.78. The van der Waals surface area contributed by atoms with Gasteiger partial charge in [-0.2, -0.15) is 4.98 Å². The highest BCUT2D eigenvalue weighted by molar-refractivity contribution is 6.31. The molecule has 1 saturated heterocycles. The molecule has 33 heavy (non-hydrogen) atoms. The Labute approximate surface area is 197 Å². The van der Waals surface area contributed by atoms with Crippen molar-refractivity contribution in [1.29, 1.82) is 0 Å². The monoisotopic (exact) mass is 461 g/mol. The summed E-state index contributed by atoms with van der Waals surface area (Å²) in [5.74, 6) is 2.13. The molecule has 0 unspecified atom stereocenters. The molecule has 4 heterocycles. The van der Waals surface area contributed by atoms with E-state index in [0.717, 1.165) is 54.3 Å². The number of methoxy groups -OCH3 is 1. The predicted molar refractivity (Wildman–Crippen MR) is 132 cm³/mol. The van der Waals surface area contributed by atoms with Gasteiger partial charge < -0.3 is 19.9 Å². The minimum absolute atomic E-state index is 0.541. The number of nitrogens with one attached hydrogen (secondary N) is 1. The van der Waals surface area contributed by atoms with E-state index in [2.05, 4.69) is 36.1 Å². The van der Waals surface area contributed by atoms with Crippen LogP contribution in [-0.4, -0.2) is 53.2 Å². The molecule has 0 aliphatic carbocycles. The maximum Gasteiger partial charge on any atom is 0.229 e. The molecule has 0 saturated carbocycles. The molecule has 168 valence electrons. The number of halogens is 1. The molecule has 0 atom stereocenters. The van der Waals surface area contributed by atoms with E-state index >= 15 is 0 Å². The molecule has 1 aliphatic heterocycles. The molecule has 1 fully saturated rings. The number of hydrogen-bond donors (Lipinski definition) is 1. The number of anilines is 4. The number of fused-ring (bicyclic) bond motifs is 1. The van der Waals surface area contributed by atoms with Gasteiger partial charge in [0.05, 0.1) is 30.7 Å². The molecular formula is C24H24ClN7O.